The number of ether oxygens (including phenoxy) is 3. The first-order chi connectivity index (χ1) is 24.0. The summed E-state index contributed by atoms with van der Waals surface area (Å²) in [6, 6.07) is 24.2. The molecular weight excluding hydrogens is 616 g/mol. The molecule has 1 fully saturated rings. The predicted octanol–water partition coefficient (Wildman–Crippen LogP) is 5.87. The van der Waals surface area contributed by atoms with E-state index in [1.807, 2.05) is 61.8 Å². The maximum absolute atomic E-state index is 9.44. The van der Waals surface area contributed by atoms with Crippen LogP contribution in [0.1, 0.15) is 27.8 Å². The molecule has 3 aromatic carbocycles. The zero-order valence-electron chi connectivity index (χ0n) is 28.0. The number of fused-ring (bicyclic) bond motifs is 1. The minimum absolute atomic E-state index is 0.609. The van der Waals surface area contributed by atoms with E-state index in [1.54, 1.807) is 14.2 Å². The topological polar surface area (TPSA) is 113 Å². The second-order valence-corrected chi connectivity index (χ2v) is 12.1. The van der Waals surface area contributed by atoms with E-state index in [1.165, 1.54) is 0 Å². The molecule has 0 atom stereocenters. The minimum atomic E-state index is 0.609. The van der Waals surface area contributed by atoms with Crippen molar-refractivity contribution in [3.8, 4) is 28.8 Å². The maximum atomic E-state index is 9.44. The standard InChI is InChI=1S/C38H38N8O3/c1-26-20-29(21-39)8-13-34(26)46-15-14-33-35(42-38(43-36(33)46)44-16-18-49-19-17-44)30-22-40-37(41-23-30)45(24-27-4-9-31(47-2)10-5-27)25-28-6-11-32(48-3)12-7-28/h4-13,20,22-23H,14-19,24-25H2,1-3H3. The quantitative estimate of drug-likeness (QED) is 0.180. The van der Waals surface area contributed by atoms with Crippen LogP contribution in [0.2, 0.25) is 0 Å². The van der Waals surface area contributed by atoms with Gasteiger partial charge in [0.1, 0.15) is 17.3 Å². The predicted molar refractivity (Wildman–Crippen MR) is 189 cm³/mol. The Hall–Kier alpha value is -5.73. The van der Waals surface area contributed by atoms with Crippen molar-refractivity contribution in [2.45, 2.75) is 26.4 Å². The fourth-order valence-corrected chi connectivity index (χ4v) is 6.36. The van der Waals surface area contributed by atoms with Crippen LogP contribution in [0.5, 0.6) is 11.5 Å². The van der Waals surface area contributed by atoms with E-state index in [9.17, 15) is 5.26 Å². The molecule has 2 aromatic heterocycles. The van der Waals surface area contributed by atoms with Crippen LogP contribution < -0.4 is 24.2 Å². The number of hydrogen-bond acceptors (Lipinski definition) is 11. The van der Waals surface area contributed by atoms with Crippen LogP contribution in [0.4, 0.5) is 23.4 Å². The van der Waals surface area contributed by atoms with Gasteiger partial charge in [-0.2, -0.15) is 10.2 Å². The fourth-order valence-electron chi connectivity index (χ4n) is 6.36. The largest absolute Gasteiger partial charge is 0.497 e. The zero-order chi connectivity index (χ0) is 33.7. The molecule has 0 aliphatic carbocycles. The number of aromatic nitrogens is 4. The summed E-state index contributed by atoms with van der Waals surface area (Å²) in [6.45, 7) is 6.71. The van der Waals surface area contributed by atoms with Crippen LogP contribution >= 0.6 is 0 Å². The van der Waals surface area contributed by atoms with E-state index < -0.39 is 0 Å². The summed E-state index contributed by atoms with van der Waals surface area (Å²) in [4.78, 5) is 26.7. The molecule has 0 spiro atoms. The number of rotatable bonds is 10. The van der Waals surface area contributed by atoms with Crippen molar-refractivity contribution in [3.63, 3.8) is 0 Å². The molecule has 4 heterocycles. The molecular formula is C38H38N8O3. The number of hydrogen-bond donors (Lipinski definition) is 0. The van der Waals surface area contributed by atoms with E-state index in [0.717, 1.165) is 82.6 Å². The molecule has 0 unspecified atom stereocenters. The minimum Gasteiger partial charge on any atom is -0.497 e. The second kappa shape index (κ2) is 14.2. The number of aryl methyl sites for hydroxylation is 1. The van der Waals surface area contributed by atoms with Crippen molar-refractivity contribution < 1.29 is 14.2 Å². The van der Waals surface area contributed by atoms with E-state index in [4.69, 9.17) is 34.1 Å². The van der Waals surface area contributed by atoms with Gasteiger partial charge in [0, 0.05) is 61.9 Å². The highest BCUT2D eigenvalue weighted by Crippen LogP contribution is 2.40. The molecule has 49 heavy (non-hydrogen) atoms. The smallest absolute Gasteiger partial charge is 0.228 e. The highest BCUT2D eigenvalue weighted by Gasteiger charge is 2.30. The summed E-state index contributed by atoms with van der Waals surface area (Å²) < 4.78 is 16.4. The van der Waals surface area contributed by atoms with Gasteiger partial charge in [-0.25, -0.2) is 15.0 Å². The van der Waals surface area contributed by atoms with E-state index in [0.29, 0.717) is 43.8 Å². The summed E-state index contributed by atoms with van der Waals surface area (Å²) in [6.07, 6.45) is 4.52. The molecule has 248 valence electrons. The number of morpholine rings is 1. The lowest BCUT2D eigenvalue weighted by molar-refractivity contribution is 0.122. The van der Waals surface area contributed by atoms with E-state index in [2.05, 4.69) is 45.0 Å². The van der Waals surface area contributed by atoms with Gasteiger partial charge in [0.2, 0.25) is 11.9 Å². The Morgan fingerprint density at radius 3 is 2.04 bits per heavy atom. The first kappa shape index (κ1) is 31.8. The normalized spacial score (nSPS) is 13.9. The fraction of sp³-hybridized carbons (Fsp3) is 0.289. The molecule has 0 amide bonds. The van der Waals surface area contributed by atoms with Gasteiger partial charge < -0.3 is 28.9 Å². The lowest BCUT2D eigenvalue weighted by Gasteiger charge is -2.28. The third-order valence-corrected chi connectivity index (χ3v) is 8.98. The van der Waals surface area contributed by atoms with Gasteiger partial charge in [-0.15, -0.1) is 0 Å². The van der Waals surface area contributed by atoms with Crippen molar-refractivity contribution >= 4 is 23.4 Å². The third kappa shape index (κ3) is 6.82. The Bertz CT molecular complexity index is 1900. The molecule has 2 aliphatic heterocycles. The molecule has 1 saturated heterocycles. The van der Waals surface area contributed by atoms with Gasteiger partial charge in [0.05, 0.1) is 44.8 Å². The van der Waals surface area contributed by atoms with Gasteiger partial charge in [-0.1, -0.05) is 24.3 Å². The molecule has 5 aromatic rings. The van der Waals surface area contributed by atoms with Crippen LogP contribution in [0.25, 0.3) is 11.3 Å². The van der Waals surface area contributed by atoms with E-state index >= 15 is 0 Å². The summed E-state index contributed by atoms with van der Waals surface area (Å²) >= 11 is 0. The molecule has 11 heteroatoms. The van der Waals surface area contributed by atoms with Gasteiger partial charge in [-0.3, -0.25) is 0 Å². The van der Waals surface area contributed by atoms with Crippen molar-refractivity contribution in [2.75, 3.05) is 61.8 Å². The zero-order valence-corrected chi connectivity index (χ0v) is 28.0. The lowest BCUT2D eigenvalue weighted by atomic mass is 10.1. The summed E-state index contributed by atoms with van der Waals surface area (Å²) in [5.74, 6) is 3.79. The Morgan fingerprint density at radius 1 is 0.837 bits per heavy atom. The molecule has 0 N–H and O–H groups in total. The van der Waals surface area contributed by atoms with Crippen molar-refractivity contribution in [3.05, 3.63) is 107 Å². The molecule has 11 nitrogen and oxygen atoms in total. The Kier molecular flexibility index (Phi) is 9.21. The van der Waals surface area contributed by atoms with E-state index in [-0.39, 0.29) is 0 Å². The molecule has 0 radical (unpaired) electrons. The SMILES string of the molecule is COc1ccc(CN(Cc2ccc(OC)cc2)c2ncc(-c3nc(N4CCOCC4)nc4c3CCN4c3ccc(C#N)cc3C)cn2)cc1. The average Bonchev–Trinajstić information content (AvgIpc) is 3.59. The number of nitrogens with zero attached hydrogens (tertiary/aromatic N) is 8. The summed E-state index contributed by atoms with van der Waals surface area (Å²) in [5, 5.41) is 9.44. The Labute approximate surface area is 286 Å². The van der Waals surface area contributed by atoms with Crippen LogP contribution in [0.15, 0.2) is 79.1 Å². The lowest BCUT2D eigenvalue weighted by Crippen LogP contribution is -2.37. The monoisotopic (exact) mass is 654 g/mol. The van der Waals surface area contributed by atoms with Gasteiger partial charge >= 0.3 is 0 Å². The first-order valence-electron chi connectivity index (χ1n) is 16.4. The number of anilines is 4. The van der Waals surface area contributed by atoms with Crippen LogP contribution in [0.3, 0.4) is 0 Å². The molecule has 7 rings (SSSR count). The van der Waals surface area contributed by atoms with Crippen LogP contribution in [0, 0.1) is 18.3 Å². The average molecular weight is 655 g/mol. The molecule has 0 saturated carbocycles. The van der Waals surface area contributed by atoms with Gasteiger partial charge in [0.25, 0.3) is 0 Å². The van der Waals surface area contributed by atoms with Crippen molar-refractivity contribution in [1.82, 2.24) is 19.9 Å². The molecule has 0 bridgehead atoms. The Morgan fingerprint density at radius 2 is 1.47 bits per heavy atom. The summed E-state index contributed by atoms with van der Waals surface area (Å²) in [5.41, 5.74) is 7.67. The van der Waals surface area contributed by atoms with Gasteiger partial charge in [-0.05, 0) is 72.5 Å². The number of nitriles is 1. The first-order valence-corrected chi connectivity index (χ1v) is 16.4. The Balaban J connectivity index is 1.24. The number of methoxy groups -OCH3 is 2. The highest BCUT2D eigenvalue weighted by atomic mass is 16.5. The van der Waals surface area contributed by atoms with Gasteiger partial charge in [0.15, 0.2) is 0 Å². The highest BCUT2D eigenvalue weighted by molar-refractivity contribution is 5.78. The van der Waals surface area contributed by atoms with Crippen LogP contribution in [-0.2, 0) is 24.2 Å². The summed E-state index contributed by atoms with van der Waals surface area (Å²) in [7, 11) is 3.34. The molecule has 2 aliphatic rings. The third-order valence-electron chi connectivity index (χ3n) is 8.98. The number of benzene rings is 3. The maximum Gasteiger partial charge on any atom is 0.228 e. The second-order valence-electron chi connectivity index (χ2n) is 12.1. The van der Waals surface area contributed by atoms with Crippen LogP contribution in [-0.4, -0.2) is 67.0 Å². The van der Waals surface area contributed by atoms with Crippen molar-refractivity contribution in [2.24, 2.45) is 0 Å². The van der Waals surface area contributed by atoms with Crippen molar-refractivity contribution in [1.29, 1.82) is 5.26 Å².